The lowest BCUT2D eigenvalue weighted by Crippen LogP contribution is -2.37. The van der Waals surface area contributed by atoms with E-state index in [2.05, 4.69) is 21.2 Å². The molecule has 7 heteroatoms. The summed E-state index contributed by atoms with van der Waals surface area (Å²) in [6, 6.07) is 14.1. The third-order valence-electron chi connectivity index (χ3n) is 4.54. The Morgan fingerprint density at radius 1 is 1.12 bits per heavy atom. The van der Waals surface area contributed by atoms with Crippen molar-refractivity contribution in [3.63, 3.8) is 0 Å². The minimum atomic E-state index is -0.979. The molecule has 1 aliphatic rings. The molecule has 2 aromatic carbocycles. The number of ether oxygens (including phenoxy) is 1. The summed E-state index contributed by atoms with van der Waals surface area (Å²) in [5.41, 5.74) is 1.50. The van der Waals surface area contributed by atoms with Crippen LogP contribution in [0.2, 0.25) is 0 Å². The van der Waals surface area contributed by atoms with E-state index in [0.29, 0.717) is 0 Å². The van der Waals surface area contributed by atoms with Crippen LogP contribution in [0.5, 0.6) is 0 Å². The van der Waals surface area contributed by atoms with Gasteiger partial charge in [0.1, 0.15) is 12.1 Å². The molecule has 1 fully saturated rings. The zero-order valence-electron chi connectivity index (χ0n) is 13.5. The zero-order valence-corrected chi connectivity index (χ0v) is 15.0. The average Bonchev–Trinajstić information content (AvgIpc) is 3.03. The summed E-state index contributed by atoms with van der Waals surface area (Å²) in [6.07, 6.45) is 0. The van der Waals surface area contributed by atoms with Gasteiger partial charge in [-0.25, -0.2) is 0 Å². The monoisotopic (exact) mass is 404 g/mol. The van der Waals surface area contributed by atoms with E-state index in [0.717, 1.165) is 15.6 Å². The lowest BCUT2D eigenvalue weighted by molar-refractivity contribution is -0.527. The molecule has 0 unspecified atom stereocenters. The van der Waals surface area contributed by atoms with Crippen molar-refractivity contribution in [1.82, 2.24) is 5.32 Å². The fraction of sp³-hybridized carbons (Fsp3) is 0.278. The van der Waals surface area contributed by atoms with Gasteiger partial charge >= 0.3 is 5.97 Å². The Hall–Kier alpha value is -2.25. The molecule has 0 amide bonds. The van der Waals surface area contributed by atoms with Gasteiger partial charge in [0.25, 0.3) is 0 Å². The van der Waals surface area contributed by atoms with Crippen LogP contribution in [0.3, 0.4) is 0 Å². The smallest absolute Gasteiger partial charge is 0.323 e. The Balaban J connectivity index is 2.08. The lowest BCUT2D eigenvalue weighted by Gasteiger charge is -2.19. The number of nitrogens with zero attached hydrogens (tertiary/aromatic N) is 1. The Labute approximate surface area is 153 Å². The van der Waals surface area contributed by atoms with E-state index in [1.807, 2.05) is 42.5 Å². The van der Waals surface area contributed by atoms with Gasteiger partial charge < -0.3 is 4.74 Å². The van der Waals surface area contributed by atoms with Crippen molar-refractivity contribution >= 4 is 21.9 Å². The predicted octanol–water partition coefficient (Wildman–Crippen LogP) is 3.06. The van der Waals surface area contributed by atoms with Crippen LogP contribution in [0.4, 0.5) is 0 Å². The number of halogens is 1. The van der Waals surface area contributed by atoms with Gasteiger partial charge in [0.15, 0.2) is 0 Å². The van der Waals surface area contributed by atoms with E-state index in [1.165, 1.54) is 7.11 Å². The van der Waals surface area contributed by atoms with Crippen LogP contribution < -0.4 is 5.32 Å². The molecule has 0 aromatic heterocycles. The highest BCUT2D eigenvalue weighted by Crippen LogP contribution is 2.40. The first kappa shape index (κ1) is 17.6. The van der Waals surface area contributed by atoms with Crippen molar-refractivity contribution in [1.29, 1.82) is 0 Å². The SMILES string of the molecule is COC(=O)[C@H]1N[C@H](c2ccccc2)[C@@H]([N+](=O)[O-])[C@@H]1c1ccc(Br)cc1. The minimum absolute atomic E-state index is 0.305. The highest BCUT2D eigenvalue weighted by atomic mass is 79.9. The van der Waals surface area contributed by atoms with Gasteiger partial charge in [-0.1, -0.05) is 58.4 Å². The molecule has 6 nitrogen and oxygen atoms in total. The summed E-state index contributed by atoms with van der Waals surface area (Å²) in [5.74, 6) is -1.13. The summed E-state index contributed by atoms with van der Waals surface area (Å²) >= 11 is 3.36. The molecule has 4 atom stereocenters. The van der Waals surface area contributed by atoms with E-state index < -0.39 is 30.0 Å². The average molecular weight is 405 g/mol. The van der Waals surface area contributed by atoms with E-state index in [-0.39, 0.29) is 4.92 Å². The van der Waals surface area contributed by atoms with Gasteiger partial charge in [0.2, 0.25) is 6.04 Å². The molecule has 0 spiro atoms. The standard InChI is InChI=1S/C18H17BrN2O4/c1-25-18(22)16-14(11-7-9-13(19)10-8-11)17(21(23)24)15(20-16)12-5-3-2-4-6-12/h2-10,14-17,20H,1H3/t14-,15-,16+,17+/m1/s1. The van der Waals surface area contributed by atoms with Crippen LogP contribution in [0, 0.1) is 10.1 Å². The van der Waals surface area contributed by atoms with E-state index in [1.54, 1.807) is 12.1 Å². The van der Waals surface area contributed by atoms with E-state index in [4.69, 9.17) is 4.74 Å². The summed E-state index contributed by atoms with van der Waals surface area (Å²) in [5, 5.41) is 15.0. The molecule has 0 radical (unpaired) electrons. The highest BCUT2D eigenvalue weighted by Gasteiger charge is 2.54. The number of carbonyl (C=O) groups excluding carboxylic acids is 1. The van der Waals surface area contributed by atoms with Crippen molar-refractivity contribution in [3.05, 3.63) is 80.3 Å². The first-order valence-electron chi connectivity index (χ1n) is 7.80. The molecule has 3 rings (SSSR count). The number of esters is 1. The Morgan fingerprint density at radius 3 is 2.32 bits per heavy atom. The fourth-order valence-corrected chi connectivity index (χ4v) is 3.69. The molecule has 1 saturated heterocycles. The first-order chi connectivity index (χ1) is 12.0. The molecular weight excluding hydrogens is 388 g/mol. The number of methoxy groups -OCH3 is 1. The molecule has 2 aromatic rings. The van der Waals surface area contributed by atoms with Crippen molar-refractivity contribution < 1.29 is 14.5 Å². The highest BCUT2D eigenvalue weighted by molar-refractivity contribution is 9.10. The summed E-state index contributed by atoms with van der Waals surface area (Å²) in [4.78, 5) is 23.9. The van der Waals surface area contributed by atoms with Gasteiger partial charge in [-0.3, -0.25) is 20.2 Å². The van der Waals surface area contributed by atoms with Crippen LogP contribution in [-0.4, -0.2) is 30.1 Å². The predicted molar refractivity (Wildman–Crippen MR) is 95.8 cm³/mol. The third-order valence-corrected chi connectivity index (χ3v) is 5.07. The molecular formula is C18H17BrN2O4. The summed E-state index contributed by atoms with van der Waals surface area (Å²) in [6.45, 7) is 0. The second-order valence-electron chi connectivity index (χ2n) is 5.91. The number of nitro groups is 1. The molecule has 1 aliphatic heterocycles. The Morgan fingerprint density at radius 2 is 1.76 bits per heavy atom. The Kier molecular flexibility index (Phi) is 5.15. The second-order valence-corrected chi connectivity index (χ2v) is 6.82. The number of carbonyl (C=O) groups is 1. The molecule has 25 heavy (non-hydrogen) atoms. The Bertz CT molecular complexity index is 766. The third kappa shape index (κ3) is 3.43. The van der Waals surface area contributed by atoms with Crippen LogP contribution in [0.25, 0.3) is 0 Å². The number of hydrogen-bond acceptors (Lipinski definition) is 5. The van der Waals surface area contributed by atoms with Crippen molar-refractivity contribution in [3.8, 4) is 0 Å². The number of nitrogens with one attached hydrogen (secondary N) is 1. The van der Waals surface area contributed by atoms with E-state index >= 15 is 0 Å². The second kappa shape index (κ2) is 7.33. The van der Waals surface area contributed by atoms with Crippen LogP contribution in [0.15, 0.2) is 59.1 Å². The maximum atomic E-state index is 12.3. The molecule has 0 aliphatic carbocycles. The maximum absolute atomic E-state index is 12.3. The topological polar surface area (TPSA) is 81.5 Å². The molecule has 1 heterocycles. The summed E-state index contributed by atoms with van der Waals surface area (Å²) < 4.78 is 5.76. The van der Waals surface area contributed by atoms with Crippen LogP contribution in [-0.2, 0) is 9.53 Å². The number of rotatable bonds is 4. The van der Waals surface area contributed by atoms with Gasteiger partial charge in [0, 0.05) is 9.40 Å². The normalized spacial score (nSPS) is 25.5. The van der Waals surface area contributed by atoms with Gasteiger partial charge in [0.05, 0.1) is 13.0 Å². The number of benzene rings is 2. The van der Waals surface area contributed by atoms with Gasteiger partial charge in [-0.2, -0.15) is 0 Å². The lowest BCUT2D eigenvalue weighted by atomic mass is 9.85. The first-order valence-corrected chi connectivity index (χ1v) is 8.60. The van der Waals surface area contributed by atoms with Crippen LogP contribution >= 0.6 is 15.9 Å². The van der Waals surface area contributed by atoms with Crippen LogP contribution in [0.1, 0.15) is 23.1 Å². The van der Waals surface area contributed by atoms with Gasteiger partial charge in [-0.15, -0.1) is 0 Å². The maximum Gasteiger partial charge on any atom is 0.323 e. The molecule has 130 valence electrons. The van der Waals surface area contributed by atoms with Crippen molar-refractivity contribution in [2.75, 3.05) is 7.11 Å². The summed E-state index contributed by atoms with van der Waals surface area (Å²) in [7, 11) is 1.29. The largest absolute Gasteiger partial charge is 0.468 e. The molecule has 1 N–H and O–H groups in total. The fourth-order valence-electron chi connectivity index (χ4n) is 3.42. The van der Waals surface area contributed by atoms with Gasteiger partial charge in [-0.05, 0) is 23.3 Å². The molecule has 0 saturated carbocycles. The molecule has 0 bridgehead atoms. The number of hydrogen-bond donors (Lipinski definition) is 1. The minimum Gasteiger partial charge on any atom is -0.468 e. The van der Waals surface area contributed by atoms with Crippen molar-refractivity contribution in [2.45, 2.75) is 24.0 Å². The quantitative estimate of drug-likeness (QED) is 0.481. The van der Waals surface area contributed by atoms with Crippen molar-refractivity contribution in [2.24, 2.45) is 0 Å². The van der Waals surface area contributed by atoms with E-state index in [9.17, 15) is 14.9 Å². The zero-order chi connectivity index (χ0) is 18.0.